The second kappa shape index (κ2) is 9.99. The van der Waals surface area contributed by atoms with Crippen LogP contribution in [0.1, 0.15) is 51.2 Å². The number of anilines is 1. The second-order valence-electron chi connectivity index (χ2n) is 9.45. The molecule has 1 saturated heterocycles. The molecule has 0 aromatic heterocycles. The van der Waals surface area contributed by atoms with Crippen molar-refractivity contribution in [2.24, 2.45) is 5.92 Å². The molecule has 1 fully saturated rings. The van der Waals surface area contributed by atoms with Gasteiger partial charge in [0, 0.05) is 24.8 Å². The number of rotatable bonds is 6. The molecule has 3 rings (SSSR count). The van der Waals surface area contributed by atoms with Crippen LogP contribution in [-0.4, -0.2) is 36.0 Å². The molecule has 3 amide bonds. The Kier molecular flexibility index (Phi) is 7.37. The van der Waals surface area contributed by atoms with Crippen molar-refractivity contribution in [3.8, 4) is 0 Å². The summed E-state index contributed by atoms with van der Waals surface area (Å²) in [6, 6.07) is 18.1. The van der Waals surface area contributed by atoms with Gasteiger partial charge in [-0.2, -0.15) is 0 Å². The SMILES string of the molecule is Cc1cccc(NC(=O)N2CCCC(C(=O)NC(C)CC(C)(C)c3ccccc3)C2)c1. The van der Waals surface area contributed by atoms with Crippen molar-refractivity contribution in [3.63, 3.8) is 0 Å². The molecule has 1 heterocycles. The van der Waals surface area contributed by atoms with Gasteiger partial charge in [-0.05, 0) is 61.8 Å². The lowest BCUT2D eigenvalue weighted by Gasteiger charge is -2.34. The zero-order chi connectivity index (χ0) is 22.4. The Labute approximate surface area is 186 Å². The Bertz CT molecular complexity index is 895. The number of hydrogen-bond acceptors (Lipinski definition) is 2. The summed E-state index contributed by atoms with van der Waals surface area (Å²) in [6.07, 6.45) is 2.51. The maximum Gasteiger partial charge on any atom is 0.321 e. The van der Waals surface area contributed by atoms with Crippen LogP contribution >= 0.6 is 0 Å². The summed E-state index contributed by atoms with van der Waals surface area (Å²) in [4.78, 5) is 27.4. The molecule has 5 nitrogen and oxygen atoms in total. The van der Waals surface area contributed by atoms with Gasteiger partial charge in [0.15, 0.2) is 0 Å². The molecule has 0 saturated carbocycles. The van der Waals surface area contributed by atoms with Crippen molar-refractivity contribution in [2.75, 3.05) is 18.4 Å². The smallest absolute Gasteiger partial charge is 0.321 e. The Morgan fingerprint density at radius 3 is 2.58 bits per heavy atom. The van der Waals surface area contributed by atoms with Gasteiger partial charge < -0.3 is 15.5 Å². The highest BCUT2D eigenvalue weighted by molar-refractivity contribution is 5.90. The summed E-state index contributed by atoms with van der Waals surface area (Å²) in [5.41, 5.74) is 3.13. The first-order valence-electron chi connectivity index (χ1n) is 11.2. The van der Waals surface area contributed by atoms with Crippen LogP contribution in [0.15, 0.2) is 54.6 Å². The van der Waals surface area contributed by atoms with Crippen molar-refractivity contribution in [2.45, 2.75) is 58.4 Å². The average molecular weight is 422 g/mol. The van der Waals surface area contributed by atoms with E-state index in [9.17, 15) is 9.59 Å². The first-order chi connectivity index (χ1) is 14.7. The molecular formula is C26H35N3O2. The average Bonchev–Trinajstić information content (AvgIpc) is 2.74. The first kappa shape index (κ1) is 22.9. The number of likely N-dealkylation sites (tertiary alicyclic amines) is 1. The summed E-state index contributed by atoms with van der Waals surface area (Å²) in [5, 5.41) is 6.15. The van der Waals surface area contributed by atoms with E-state index in [0.29, 0.717) is 13.1 Å². The van der Waals surface area contributed by atoms with Crippen LogP contribution in [0.2, 0.25) is 0 Å². The third-order valence-electron chi connectivity index (χ3n) is 6.11. The maximum absolute atomic E-state index is 12.9. The fourth-order valence-corrected chi connectivity index (χ4v) is 4.49. The summed E-state index contributed by atoms with van der Waals surface area (Å²) in [7, 11) is 0. The molecular weight excluding hydrogens is 386 g/mol. The molecule has 166 valence electrons. The van der Waals surface area contributed by atoms with Gasteiger partial charge in [0.05, 0.1) is 5.92 Å². The fourth-order valence-electron chi connectivity index (χ4n) is 4.49. The van der Waals surface area contributed by atoms with E-state index < -0.39 is 0 Å². The van der Waals surface area contributed by atoms with E-state index in [2.05, 4.69) is 55.7 Å². The normalized spacial score (nSPS) is 17.7. The molecule has 2 aromatic rings. The molecule has 1 aliphatic rings. The predicted octanol–water partition coefficient (Wildman–Crippen LogP) is 5.11. The molecule has 2 unspecified atom stereocenters. The van der Waals surface area contributed by atoms with Gasteiger partial charge in [-0.1, -0.05) is 56.3 Å². The number of aryl methyl sites for hydroxylation is 1. The minimum Gasteiger partial charge on any atom is -0.353 e. The van der Waals surface area contributed by atoms with E-state index in [0.717, 1.165) is 30.5 Å². The molecule has 1 aliphatic heterocycles. The lowest BCUT2D eigenvalue weighted by molar-refractivity contribution is -0.127. The van der Waals surface area contributed by atoms with Gasteiger partial charge in [-0.3, -0.25) is 4.79 Å². The van der Waals surface area contributed by atoms with Gasteiger partial charge >= 0.3 is 6.03 Å². The molecule has 2 N–H and O–H groups in total. The summed E-state index contributed by atoms with van der Waals surface area (Å²) < 4.78 is 0. The van der Waals surface area contributed by atoms with Gasteiger partial charge in [0.25, 0.3) is 0 Å². The molecule has 0 aliphatic carbocycles. The van der Waals surface area contributed by atoms with Crippen LogP contribution in [0.4, 0.5) is 10.5 Å². The minimum absolute atomic E-state index is 0.0275. The minimum atomic E-state index is -0.167. The number of benzene rings is 2. The van der Waals surface area contributed by atoms with Crippen LogP contribution in [-0.2, 0) is 10.2 Å². The summed E-state index contributed by atoms with van der Waals surface area (Å²) >= 11 is 0. The van der Waals surface area contributed by atoms with Crippen LogP contribution in [0.5, 0.6) is 0 Å². The van der Waals surface area contributed by atoms with Crippen LogP contribution < -0.4 is 10.6 Å². The number of urea groups is 1. The molecule has 0 bridgehead atoms. The Balaban J connectivity index is 1.53. The highest BCUT2D eigenvalue weighted by Gasteiger charge is 2.30. The van der Waals surface area contributed by atoms with Crippen molar-refractivity contribution in [1.29, 1.82) is 0 Å². The number of carbonyl (C=O) groups excluding carboxylic acids is 2. The lowest BCUT2D eigenvalue weighted by Crippen LogP contribution is -2.48. The van der Waals surface area contributed by atoms with Gasteiger partial charge in [0.1, 0.15) is 0 Å². The summed E-state index contributed by atoms with van der Waals surface area (Å²) in [5.74, 6) is -0.122. The largest absolute Gasteiger partial charge is 0.353 e. The Morgan fingerprint density at radius 1 is 1.13 bits per heavy atom. The van der Waals surface area contributed by atoms with E-state index >= 15 is 0 Å². The second-order valence-corrected chi connectivity index (χ2v) is 9.45. The molecule has 31 heavy (non-hydrogen) atoms. The monoisotopic (exact) mass is 421 g/mol. The van der Waals surface area contributed by atoms with Crippen LogP contribution in [0.25, 0.3) is 0 Å². The van der Waals surface area contributed by atoms with E-state index in [1.54, 1.807) is 4.90 Å². The number of piperidine rings is 1. The summed E-state index contributed by atoms with van der Waals surface area (Å²) in [6.45, 7) is 9.62. The van der Waals surface area contributed by atoms with Crippen molar-refractivity contribution in [1.82, 2.24) is 10.2 Å². The number of carbonyl (C=O) groups is 2. The zero-order valence-corrected chi connectivity index (χ0v) is 19.2. The lowest BCUT2D eigenvalue weighted by atomic mass is 9.79. The van der Waals surface area contributed by atoms with E-state index in [1.165, 1.54) is 5.56 Å². The molecule has 5 heteroatoms. The third-order valence-corrected chi connectivity index (χ3v) is 6.11. The van der Waals surface area contributed by atoms with Crippen molar-refractivity contribution in [3.05, 3.63) is 65.7 Å². The third kappa shape index (κ3) is 6.33. The standard InChI is InChI=1S/C26H35N3O2/c1-19-10-8-14-23(16-19)28-25(31)29-15-9-11-21(18-29)24(30)27-20(2)17-26(3,4)22-12-6-5-7-13-22/h5-8,10,12-14,16,20-21H,9,11,15,17-18H2,1-4H3,(H,27,30)(H,28,31). The fraction of sp³-hybridized carbons (Fsp3) is 0.462. The maximum atomic E-state index is 12.9. The molecule has 2 atom stereocenters. The molecule has 0 radical (unpaired) electrons. The van der Waals surface area contributed by atoms with Crippen LogP contribution in [0.3, 0.4) is 0 Å². The Hall–Kier alpha value is -2.82. The number of hydrogen-bond donors (Lipinski definition) is 2. The van der Waals surface area contributed by atoms with E-state index in [4.69, 9.17) is 0 Å². The van der Waals surface area contributed by atoms with Crippen molar-refractivity contribution < 1.29 is 9.59 Å². The number of nitrogens with one attached hydrogen (secondary N) is 2. The quantitative estimate of drug-likeness (QED) is 0.681. The zero-order valence-electron chi connectivity index (χ0n) is 19.2. The van der Waals surface area contributed by atoms with Gasteiger partial charge in [-0.15, -0.1) is 0 Å². The van der Waals surface area contributed by atoms with Crippen molar-refractivity contribution >= 4 is 17.6 Å². The van der Waals surface area contributed by atoms with E-state index in [-0.39, 0.29) is 29.3 Å². The topological polar surface area (TPSA) is 61.4 Å². The van der Waals surface area contributed by atoms with Gasteiger partial charge in [0.2, 0.25) is 5.91 Å². The first-order valence-corrected chi connectivity index (χ1v) is 11.2. The Morgan fingerprint density at radius 2 is 1.87 bits per heavy atom. The van der Waals surface area contributed by atoms with Crippen LogP contribution in [0, 0.1) is 12.8 Å². The molecule has 2 aromatic carbocycles. The molecule has 0 spiro atoms. The predicted molar refractivity (Wildman–Crippen MR) is 126 cm³/mol. The van der Waals surface area contributed by atoms with E-state index in [1.807, 2.05) is 37.3 Å². The van der Waals surface area contributed by atoms with Gasteiger partial charge in [-0.25, -0.2) is 4.79 Å². The number of amides is 3. The number of nitrogens with zero attached hydrogens (tertiary/aromatic N) is 1. The highest BCUT2D eigenvalue weighted by atomic mass is 16.2. The highest BCUT2D eigenvalue weighted by Crippen LogP contribution is 2.28.